The molecule has 2 rings (SSSR count). The molecule has 28 heavy (non-hydrogen) atoms. The number of ether oxygens (including phenoxy) is 2. The molecule has 0 saturated carbocycles. The van der Waals surface area contributed by atoms with Crippen LogP contribution < -0.4 is 4.90 Å². The van der Waals surface area contributed by atoms with E-state index in [0.29, 0.717) is 14.9 Å². The quantitative estimate of drug-likeness (QED) is 0.710. The van der Waals surface area contributed by atoms with Gasteiger partial charge in [-0.05, 0) is 63.5 Å². The van der Waals surface area contributed by atoms with E-state index in [9.17, 15) is 19.5 Å². The summed E-state index contributed by atoms with van der Waals surface area (Å²) in [6, 6.07) is 1.29. The largest absolute Gasteiger partial charge is 0.478 e. The van der Waals surface area contributed by atoms with Crippen LogP contribution in [0.4, 0.5) is 15.4 Å². The summed E-state index contributed by atoms with van der Waals surface area (Å²) in [6.07, 6.45) is 0.619. The fraction of sp³-hybridized carbons (Fsp3) is 0.444. The highest BCUT2D eigenvalue weighted by atomic mass is 79.9. The topological polar surface area (TPSA) is 110 Å². The van der Waals surface area contributed by atoms with Gasteiger partial charge in [0.2, 0.25) is 0 Å². The number of imidazole rings is 1. The Labute approximate surface area is 170 Å². The van der Waals surface area contributed by atoms with Gasteiger partial charge in [0.15, 0.2) is 0 Å². The molecule has 152 valence electrons. The maximum absolute atomic E-state index is 12.9. The van der Waals surface area contributed by atoms with Crippen LogP contribution in [0.15, 0.2) is 23.1 Å². The van der Waals surface area contributed by atoms with E-state index in [4.69, 9.17) is 9.47 Å². The minimum atomic E-state index is -1.34. The number of aromatic carboxylic acids is 1. The van der Waals surface area contributed by atoms with Crippen molar-refractivity contribution in [2.75, 3.05) is 4.90 Å². The molecule has 2 aromatic rings. The van der Waals surface area contributed by atoms with Crippen molar-refractivity contribution in [3.8, 4) is 0 Å². The van der Waals surface area contributed by atoms with Gasteiger partial charge in [0.1, 0.15) is 28.9 Å². The van der Waals surface area contributed by atoms with E-state index < -0.39 is 29.4 Å². The minimum absolute atomic E-state index is 0.244. The molecule has 1 N–H and O–H groups in total. The molecule has 0 fully saturated rings. The number of halogens is 1. The average molecular weight is 456 g/mol. The van der Waals surface area contributed by atoms with Gasteiger partial charge in [-0.25, -0.2) is 19.4 Å². The number of hydrogen-bond acceptors (Lipinski definition) is 6. The van der Waals surface area contributed by atoms with Gasteiger partial charge < -0.3 is 14.6 Å². The second-order valence-electron chi connectivity index (χ2n) is 7.98. The molecule has 0 saturated heterocycles. The Morgan fingerprint density at radius 2 is 1.57 bits per heavy atom. The van der Waals surface area contributed by atoms with E-state index in [1.807, 2.05) is 0 Å². The van der Waals surface area contributed by atoms with Crippen LogP contribution in [0.25, 0.3) is 5.52 Å². The molecule has 0 bridgehead atoms. The van der Waals surface area contributed by atoms with E-state index in [1.54, 1.807) is 41.5 Å². The summed E-state index contributed by atoms with van der Waals surface area (Å²) in [6.45, 7) is 9.78. The van der Waals surface area contributed by atoms with Crippen LogP contribution in [0.1, 0.15) is 51.9 Å². The predicted molar refractivity (Wildman–Crippen MR) is 105 cm³/mol. The van der Waals surface area contributed by atoms with Crippen molar-refractivity contribution in [2.24, 2.45) is 0 Å². The van der Waals surface area contributed by atoms with Crippen LogP contribution in [0.5, 0.6) is 0 Å². The number of carboxylic acid groups (broad SMARTS) is 1. The molecule has 0 radical (unpaired) electrons. The fourth-order valence-corrected chi connectivity index (χ4v) is 2.81. The van der Waals surface area contributed by atoms with Crippen LogP contribution in [0.2, 0.25) is 0 Å². The molecular formula is C18H22BrN3O6. The van der Waals surface area contributed by atoms with Gasteiger partial charge in [-0.1, -0.05) is 0 Å². The van der Waals surface area contributed by atoms with Crippen LogP contribution in [0, 0.1) is 0 Å². The Morgan fingerprint density at radius 3 is 2.00 bits per heavy atom. The van der Waals surface area contributed by atoms with E-state index in [1.165, 1.54) is 23.0 Å². The summed E-state index contributed by atoms with van der Waals surface area (Å²) >= 11 is 3.28. The van der Waals surface area contributed by atoms with Crippen LogP contribution in [-0.2, 0) is 9.47 Å². The summed E-state index contributed by atoms with van der Waals surface area (Å²) in [7, 11) is 0. The Morgan fingerprint density at radius 1 is 1.07 bits per heavy atom. The second kappa shape index (κ2) is 7.42. The van der Waals surface area contributed by atoms with Crippen molar-refractivity contribution in [3.63, 3.8) is 0 Å². The van der Waals surface area contributed by atoms with Crippen molar-refractivity contribution in [1.82, 2.24) is 9.38 Å². The normalized spacial score (nSPS) is 12.0. The molecule has 0 aliphatic carbocycles. The van der Waals surface area contributed by atoms with Gasteiger partial charge in [0, 0.05) is 4.47 Å². The third kappa shape index (κ3) is 4.80. The third-order valence-electron chi connectivity index (χ3n) is 3.22. The Hall–Kier alpha value is -2.62. The summed E-state index contributed by atoms with van der Waals surface area (Å²) in [4.78, 5) is 42.2. The van der Waals surface area contributed by atoms with Crippen molar-refractivity contribution in [1.29, 1.82) is 0 Å². The summed E-state index contributed by atoms with van der Waals surface area (Å²) in [5.41, 5.74) is -1.71. The lowest BCUT2D eigenvalue weighted by Crippen LogP contribution is -2.45. The van der Waals surface area contributed by atoms with Crippen molar-refractivity contribution in [2.45, 2.75) is 52.7 Å². The molecule has 9 nitrogen and oxygen atoms in total. The minimum Gasteiger partial charge on any atom is -0.478 e. The zero-order valence-corrected chi connectivity index (χ0v) is 18.0. The summed E-state index contributed by atoms with van der Waals surface area (Å²) in [5.74, 6) is -1.59. The van der Waals surface area contributed by atoms with Crippen molar-refractivity contribution >= 4 is 45.4 Å². The summed E-state index contributed by atoms with van der Waals surface area (Å²) in [5, 5.41) is 9.68. The smallest absolute Gasteiger partial charge is 0.425 e. The van der Waals surface area contributed by atoms with Crippen LogP contribution in [0.3, 0.4) is 0 Å². The number of anilines is 1. The predicted octanol–water partition coefficient (Wildman–Crippen LogP) is 4.47. The number of carbonyl (C=O) groups excluding carboxylic acids is 2. The highest BCUT2D eigenvalue weighted by molar-refractivity contribution is 9.10. The van der Waals surface area contributed by atoms with E-state index in [2.05, 4.69) is 20.9 Å². The molecule has 0 aromatic carbocycles. The lowest BCUT2D eigenvalue weighted by Gasteiger charge is -2.29. The molecule has 2 heterocycles. The molecule has 0 unspecified atom stereocenters. The number of nitrogens with zero attached hydrogens (tertiary/aromatic N) is 3. The molecule has 0 aliphatic rings. The maximum Gasteiger partial charge on any atom is 0.425 e. The maximum atomic E-state index is 12.9. The Bertz CT molecular complexity index is 911. The molecule has 2 amide bonds. The first-order chi connectivity index (χ1) is 12.7. The molecule has 0 aliphatic heterocycles. The lowest BCUT2D eigenvalue weighted by molar-refractivity contribution is 0.0428. The lowest BCUT2D eigenvalue weighted by atomic mass is 10.2. The molecule has 2 aromatic heterocycles. The number of aromatic nitrogens is 2. The number of carbonyl (C=O) groups is 3. The first-order valence-electron chi connectivity index (χ1n) is 8.35. The monoisotopic (exact) mass is 455 g/mol. The number of rotatable bonds is 2. The Kier molecular flexibility index (Phi) is 5.74. The molecular weight excluding hydrogens is 434 g/mol. The van der Waals surface area contributed by atoms with Gasteiger partial charge in [-0.2, -0.15) is 4.90 Å². The average Bonchev–Trinajstić information content (AvgIpc) is 2.95. The van der Waals surface area contributed by atoms with Gasteiger partial charge >= 0.3 is 18.2 Å². The number of fused-ring (bicyclic) bond motifs is 1. The number of hydrogen-bond donors (Lipinski definition) is 1. The van der Waals surface area contributed by atoms with Crippen molar-refractivity contribution in [3.05, 3.63) is 28.6 Å². The van der Waals surface area contributed by atoms with Crippen LogP contribution in [-0.4, -0.2) is 43.8 Å². The zero-order valence-electron chi connectivity index (χ0n) is 16.4. The van der Waals surface area contributed by atoms with Gasteiger partial charge in [0.25, 0.3) is 0 Å². The summed E-state index contributed by atoms with van der Waals surface area (Å²) < 4.78 is 12.4. The fourth-order valence-electron chi connectivity index (χ4n) is 2.28. The molecule has 0 atom stereocenters. The van der Waals surface area contributed by atoms with E-state index >= 15 is 0 Å². The number of imide groups is 1. The van der Waals surface area contributed by atoms with Crippen molar-refractivity contribution < 1.29 is 29.0 Å². The van der Waals surface area contributed by atoms with Gasteiger partial charge in [-0.15, -0.1) is 0 Å². The van der Waals surface area contributed by atoms with Gasteiger partial charge in [0.05, 0.1) is 11.7 Å². The van der Waals surface area contributed by atoms with Crippen LogP contribution >= 0.6 is 15.9 Å². The van der Waals surface area contributed by atoms with E-state index in [0.717, 1.165) is 0 Å². The first kappa shape index (κ1) is 21.7. The van der Waals surface area contributed by atoms with Gasteiger partial charge in [-0.3, -0.25) is 4.40 Å². The molecule has 0 spiro atoms. The third-order valence-corrected chi connectivity index (χ3v) is 3.85. The molecule has 10 heteroatoms. The highest BCUT2D eigenvalue weighted by Gasteiger charge is 2.37. The Balaban J connectivity index is 2.76. The highest BCUT2D eigenvalue weighted by Crippen LogP contribution is 2.31. The number of amides is 2. The SMILES string of the molecule is CC(C)(C)OC(=O)N(C(=O)OC(C)(C)C)c1c(C(=O)O)cc(Br)c2cncn12. The second-order valence-corrected chi connectivity index (χ2v) is 8.83. The first-order valence-corrected chi connectivity index (χ1v) is 9.14. The number of pyridine rings is 1. The van der Waals surface area contributed by atoms with E-state index in [-0.39, 0.29) is 11.4 Å². The zero-order chi connectivity index (χ0) is 21.4. The standard InChI is InChI=1S/C18H22BrN3O6/c1-17(2,3)27-15(25)22(16(26)28-18(4,5)6)13-10(14(23)24)7-11(19)12-8-20-9-21(12)13/h7-9H,1-6H3,(H,23,24). The number of carboxylic acids is 1.